The lowest BCUT2D eigenvalue weighted by atomic mass is 9.99. The molecular weight excluding hydrogens is 168 g/mol. The molecule has 1 fully saturated rings. The second kappa shape index (κ2) is 3.85. The molecule has 0 amide bonds. The fourth-order valence-corrected chi connectivity index (χ4v) is 1.48. The molecule has 72 valence electrons. The van der Waals surface area contributed by atoms with Crippen LogP contribution in [0, 0.1) is 5.92 Å². The third-order valence-electron chi connectivity index (χ3n) is 2.37. The van der Waals surface area contributed by atoms with E-state index in [2.05, 4.69) is 15.5 Å². The van der Waals surface area contributed by atoms with Crippen molar-refractivity contribution in [2.75, 3.05) is 19.7 Å². The van der Waals surface area contributed by atoms with Crippen molar-refractivity contribution in [1.82, 2.24) is 20.1 Å². The van der Waals surface area contributed by atoms with Crippen molar-refractivity contribution in [3.63, 3.8) is 0 Å². The Labute approximate surface area is 76.8 Å². The van der Waals surface area contributed by atoms with Crippen LogP contribution >= 0.6 is 0 Å². The van der Waals surface area contributed by atoms with Gasteiger partial charge in [-0.05, 0) is 19.0 Å². The van der Waals surface area contributed by atoms with Crippen molar-refractivity contribution < 1.29 is 5.11 Å². The van der Waals surface area contributed by atoms with Crippen LogP contribution in [0.2, 0.25) is 0 Å². The summed E-state index contributed by atoms with van der Waals surface area (Å²) in [7, 11) is 0. The maximum atomic E-state index is 8.78. The summed E-state index contributed by atoms with van der Waals surface area (Å²) in [6.45, 7) is 2.90. The number of nitrogens with zero attached hydrogens (tertiary/aromatic N) is 3. The Morgan fingerprint density at radius 2 is 2.46 bits per heavy atom. The highest BCUT2D eigenvalue weighted by Gasteiger charge is 2.19. The summed E-state index contributed by atoms with van der Waals surface area (Å²) in [5.41, 5.74) is 0. The van der Waals surface area contributed by atoms with E-state index >= 15 is 0 Å². The third kappa shape index (κ3) is 1.87. The normalized spacial score (nSPS) is 17.3. The van der Waals surface area contributed by atoms with Gasteiger partial charge in [0, 0.05) is 13.0 Å². The van der Waals surface area contributed by atoms with Crippen LogP contribution in [-0.2, 0) is 13.0 Å². The number of hydrogen-bond acceptors (Lipinski definition) is 4. The van der Waals surface area contributed by atoms with E-state index in [4.69, 9.17) is 5.11 Å². The van der Waals surface area contributed by atoms with Gasteiger partial charge in [-0.25, -0.2) is 0 Å². The lowest BCUT2D eigenvalue weighted by Crippen LogP contribution is -2.43. The first-order chi connectivity index (χ1) is 6.40. The predicted molar refractivity (Wildman–Crippen MR) is 47.2 cm³/mol. The van der Waals surface area contributed by atoms with E-state index in [1.165, 1.54) is 0 Å². The highest BCUT2D eigenvalue weighted by Crippen LogP contribution is 2.10. The zero-order chi connectivity index (χ0) is 9.10. The van der Waals surface area contributed by atoms with Gasteiger partial charge in [-0.3, -0.25) is 0 Å². The Hall–Kier alpha value is -0.940. The summed E-state index contributed by atoms with van der Waals surface area (Å²) in [6.07, 6.45) is 2.64. The van der Waals surface area contributed by atoms with Crippen LogP contribution in [0.25, 0.3) is 0 Å². The lowest BCUT2D eigenvalue weighted by molar-refractivity contribution is 0.270. The average molecular weight is 182 g/mol. The molecule has 1 aromatic heterocycles. The molecule has 0 bridgehead atoms. The van der Waals surface area contributed by atoms with E-state index in [-0.39, 0.29) is 6.61 Å². The predicted octanol–water partition coefficient (Wildman–Crippen LogP) is -0.968. The summed E-state index contributed by atoms with van der Waals surface area (Å²) in [6, 6.07) is 0. The number of nitrogens with one attached hydrogen (secondary N) is 1. The molecule has 2 heterocycles. The van der Waals surface area contributed by atoms with E-state index < -0.39 is 0 Å². The maximum absolute atomic E-state index is 8.78. The van der Waals surface area contributed by atoms with Crippen molar-refractivity contribution in [2.24, 2.45) is 5.92 Å². The van der Waals surface area contributed by atoms with Crippen LogP contribution in [-0.4, -0.2) is 39.6 Å². The Bertz CT molecular complexity index is 269. The standard InChI is InChI=1S/C8H14N4O/c13-2-1-12-6-10-11-8(12)3-7-4-9-5-7/h6-7,9,13H,1-5H2. The van der Waals surface area contributed by atoms with Gasteiger partial charge in [0.15, 0.2) is 0 Å². The third-order valence-corrected chi connectivity index (χ3v) is 2.37. The summed E-state index contributed by atoms with van der Waals surface area (Å²) >= 11 is 0. The van der Waals surface area contributed by atoms with Crippen LogP contribution < -0.4 is 5.32 Å². The van der Waals surface area contributed by atoms with Gasteiger partial charge in [0.2, 0.25) is 0 Å². The van der Waals surface area contributed by atoms with Gasteiger partial charge >= 0.3 is 0 Å². The smallest absolute Gasteiger partial charge is 0.133 e. The van der Waals surface area contributed by atoms with Crippen molar-refractivity contribution in [3.05, 3.63) is 12.2 Å². The molecular formula is C8H14N4O. The number of rotatable bonds is 4. The van der Waals surface area contributed by atoms with E-state index in [0.717, 1.165) is 25.3 Å². The molecule has 0 saturated carbocycles. The molecule has 5 nitrogen and oxygen atoms in total. The molecule has 1 aliphatic rings. The molecule has 0 atom stereocenters. The van der Waals surface area contributed by atoms with Crippen molar-refractivity contribution in [2.45, 2.75) is 13.0 Å². The van der Waals surface area contributed by atoms with Crippen molar-refractivity contribution in [3.8, 4) is 0 Å². The quantitative estimate of drug-likeness (QED) is 0.629. The SMILES string of the molecule is OCCn1cnnc1CC1CNC1. The average Bonchev–Trinajstić information content (AvgIpc) is 2.46. The minimum absolute atomic E-state index is 0.147. The second-order valence-corrected chi connectivity index (χ2v) is 3.39. The molecule has 0 aromatic carbocycles. The van der Waals surface area contributed by atoms with Gasteiger partial charge in [0.25, 0.3) is 0 Å². The van der Waals surface area contributed by atoms with Gasteiger partial charge in [-0.15, -0.1) is 10.2 Å². The molecule has 13 heavy (non-hydrogen) atoms. The van der Waals surface area contributed by atoms with Crippen LogP contribution in [0.5, 0.6) is 0 Å². The van der Waals surface area contributed by atoms with Crippen molar-refractivity contribution in [1.29, 1.82) is 0 Å². The summed E-state index contributed by atoms with van der Waals surface area (Å²) in [4.78, 5) is 0. The van der Waals surface area contributed by atoms with Gasteiger partial charge in [0.1, 0.15) is 12.2 Å². The summed E-state index contributed by atoms with van der Waals surface area (Å²) in [5.74, 6) is 1.68. The highest BCUT2D eigenvalue weighted by atomic mass is 16.3. The topological polar surface area (TPSA) is 63.0 Å². The molecule has 5 heteroatoms. The van der Waals surface area contributed by atoms with Crippen LogP contribution in [0.3, 0.4) is 0 Å². The van der Waals surface area contributed by atoms with E-state index in [1.807, 2.05) is 4.57 Å². The van der Waals surface area contributed by atoms with Gasteiger partial charge in [0.05, 0.1) is 6.61 Å². The van der Waals surface area contributed by atoms with Gasteiger partial charge < -0.3 is 15.0 Å². The van der Waals surface area contributed by atoms with Crippen molar-refractivity contribution >= 4 is 0 Å². The second-order valence-electron chi connectivity index (χ2n) is 3.39. The summed E-state index contributed by atoms with van der Waals surface area (Å²) in [5, 5.41) is 19.9. The molecule has 1 aromatic rings. The maximum Gasteiger partial charge on any atom is 0.133 e. The Balaban J connectivity index is 1.96. The highest BCUT2D eigenvalue weighted by molar-refractivity contribution is 4.92. The number of aromatic nitrogens is 3. The minimum atomic E-state index is 0.147. The largest absolute Gasteiger partial charge is 0.395 e. The summed E-state index contributed by atoms with van der Waals surface area (Å²) < 4.78 is 1.92. The first kappa shape index (κ1) is 8.65. The molecule has 2 N–H and O–H groups in total. The molecule has 1 aliphatic heterocycles. The zero-order valence-electron chi connectivity index (χ0n) is 7.48. The lowest BCUT2D eigenvalue weighted by Gasteiger charge is -2.26. The molecule has 1 saturated heterocycles. The van der Waals surface area contributed by atoms with Gasteiger partial charge in [-0.1, -0.05) is 0 Å². The number of hydrogen-bond donors (Lipinski definition) is 2. The molecule has 0 spiro atoms. The number of aliphatic hydroxyl groups excluding tert-OH is 1. The molecule has 2 rings (SSSR count). The monoisotopic (exact) mass is 182 g/mol. The number of aliphatic hydroxyl groups is 1. The first-order valence-electron chi connectivity index (χ1n) is 4.58. The van der Waals surface area contributed by atoms with E-state index in [0.29, 0.717) is 12.5 Å². The zero-order valence-corrected chi connectivity index (χ0v) is 7.48. The molecule has 0 unspecified atom stereocenters. The fourth-order valence-electron chi connectivity index (χ4n) is 1.48. The van der Waals surface area contributed by atoms with Crippen LogP contribution in [0.4, 0.5) is 0 Å². The van der Waals surface area contributed by atoms with Gasteiger partial charge in [-0.2, -0.15) is 0 Å². The fraction of sp³-hybridized carbons (Fsp3) is 0.750. The molecule has 0 aliphatic carbocycles. The van der Waals surface area contributed by atoms with E-state index in [1.54, 1.807) is 6.33 Å². The molecule has 0 radical (unpaired) electrons. The first-order valence-corrected chi connectivity index (χ1v) is 4.58. The Morgan fingerprint density at radius 1 is 1.62 bits per heavy atom. The Morgan fingerprint density at radius 3 is 3.08 bits per heavy atom. The minimum Gasteiger partial charge on any atom is -0.395 e. The van der Waals surface area contributed by atoms with Crippen LogP contribution in [0.1, 0.15) is 5.82 Å². The van der Waals surface area contributed by atoms with E-state index in [9.17, 15) is 0 Å². The Kier molecular flexibility index (Phi) is 2.56. The van der Waals surface area contributed by atoms with Crippen LogP contribution in [0.15, 0.2) is 6.33 Å².